The Morgan fingerprint density at radius 2 is 2.22 bits per heavy atom. The van der Waals surface area contributed by atoms with Crippen LogP contribution < -0.4 is 0 Å². The van der Waals surface area contributed by atoms with Crippen molar-refractivity contribution >= 4 is 5.91 Å². The van der Waals surface area contributed by atoms with E-state index in [-0.39, 0.29) is 11.9 Å². The van der Waals surface area contributed by atoms with Gasteiger partial charge in [0.25, 0.3) is 5.91 Å². The molecule has 0 spiro atoms. The van der Waals surface area contributed by atoms with Crippen LogP contribution in [0.1, 0.15) is 61.1 Å². The average molecular weight is 317 g/mol. The summed E-state index contributed by atoms with van der Waals surface area (Å²) in [6.07, 6.45) is 3.25. The van der Waals surface area contributed by atoms with Gasteiger partial charge in [-0.1, -0.05) is 13.8 Å². The molecule has 0 fully saturated rings. The van der Waals surface area contributed by atoms with Crippen molar-refractivity contribution in [2.45, 2.75) is 53.1 Å². The van der Waals surface area contributed by atoms with Gasteiger partial charge in [0.05, 0.1) is 18.3 Å². The molecule has 0 bridgehead atoms. The normalized spacial score (nSPS) is 17.6. The van der Waals surface area contributed by atoms with Gasteiger partial charge in [-0.2, -0.15) is 5.10 Å². The highest BCUT2D eigenvalue weighted by Gasteiger charge is 2.33. The maximum atomic E-state index is 12.7. The minimum absolute atomic E-state index is 0.124. The van der Waals surface area contributed by atoms with Gasteiger partial charge < -0.3 is 9.32 Å². The van der Waals surface area contributed by atoms with Crippen LogP contribution in [0.3, 0.4) is 0 Å². The third-order valence-electron chi connectivity index (χ3n) is 4.28. The molecule has 1 amide bonds. The molecular weight excluding hydrogens is 294 g/mol. The average Bonchev–Trinajstić information content (AvgIpc) is 3.11. The summed E-state index contributed by atoms with van der Waals surface area (Å²) < 4.78 is 7.17. The van der Waals surface area contributed by atoms with E-state index in [1.165, 1.54) is 6.39 Å². The van der Waals surface area contributed by atoms with Crippen LogP contribution in [0.25, 0.3) is 0 Å². The molecule has 0 aromatic carbocycles. The SMILES string of the molecule is Cc1ncoc1C(=O)N1CCn2nc(CCC(C)C)nc2[C@H]1C. The van der Waals surface area contributed by atoms with E-state index in [0.717, 1.165) is 24.5 Å². The summed E-state index contributed by atoms with van der Waals surface area (Å²) in [6, 6.07) is -0.124. The van der Waals surface area contributed by atoms with Gasteiger partial charge in [-0.3, -0.25) is 4.79 Å². The van der Waals surface area contributed by atoms with Gasteiger partial charge in [0.1, 0.15) is 5.82 Å². The molecule has 2 aromatic heterocycles. The largest absolute Gasteiger partial charge is 0.438 e. The summed E-state index contributed by atoms with van der Waals surface area (Å²) in [5.74, 6) is 2.52. The van der Waals surface area contributed by atoms with E-state index < -0.39 is 0 Å². The Hall–Kier alpha value is -2.18. The zero-order valence-electron chi connectivity index (χ0n) is 14.1. The van der Waals surface area contributed by atoms with Crippen molar-refractivity contribution in [3.63, 3.8) is 0 Å². The Morgan fingerprint density at radius 1 is 1.43 bits per heavy atom. The molecule has 7 heteroatoms. The number of carbonyl (C=O) groups is 1. The highest BCUT2D eigenvalue weighted by Crippen LogP contribution is 2.26. The number of amides is 1. The van der Waals surface area contributed by atoms with E-state index in [2.05, 4.69) is 28.9 Å². The predicted octanol–water partition coefficient (Wildman–Crippen LogP) is 2.38. The van der Waals surface area contributed by atoms with Crippen LogP contribution in [0.5, 0.6) is 0 Å². The molecule has 0 saturated carbocycles. The summed E-state index contributed by atoms with van der Waals surface area (Å²) in [7, 11) is 0. The summed E-state index contributed by atoms with van der Waals surface area (Å²) >= 11 is 0. The summed E-state index contributed by atoms with van der Waals surface area (Å²) in [5.41, 5.74) is 0.617. The molecule has 0 saturated heterocycles. The maximum absolute atomic E-state index is 12.7. The van der Waals surface area contributed by atoms with Crippen molar-refractivity contribution in [1.29, 1.82) is 0 Å². The fraction of sp³-hybridized carbons (Fsp3) is 0.625. The van der Waals surface area contributed by atoms with Gasteiger partial charge in [-0.05, 0) is 26.2 Å². The molecule has 0 radical (unpaired) electrons. The zero-order valence-corrected chi connectivity index (χ0v) is 14.1. The van der Waals surface area contributed by atoms with Crippen LogP contribution in [0.15, 0.2) is 10.8 Å². The summed E-state index contributed by atoms with van der Waals surface area (Å²) in [6.45, 7) is 9.40. The van der Waals surface area contributed by atoms with E-state index in [9.17, 15) is 4.79 Å². The van der Waals surface area contributed by atoms with Crippen molar-refractivity contribution in [2.24, 2.45) is 5.92 Å². The quantitative estimate of drug-likeness (QED) is 0.865. The van der Waals surface area contributed by atoms with Gasteiger partial charge in [0.2, 0.25) is 5.76 Å². The second-order valence-electron chi connectivity index (χ2n) is 6.48. The number of nitrogens with zero attached hydrogens (tertiary/aromatic N) is 5. The maximum Gasteiger partial charge on any atom is 0.292 e. The lowest BCUT2D eigenvalue weighted by atomic mass is 10.1. The molecule has 124 valence electrons. The van der Waals surface area contributed by atoms with Crippen LogP contribution in [0.2, 0.25) is 0 Å². The van der Waals surface area contributed by atoms with Gasteiger partial charge in [-0.15, -0.1) is 0 Å². The number of fused-ring (bicyclic) bond motifs is 1. The molecule has 2 aromatic rings. The lowest BCUT2D eigenvalue weighted by Crippen LogP contribution is -2.41. The molecule has 1 aliphatic rings. The van der Waals surface area contributed by atoms with Crippen molar-refractivity contribution in [3.8, 4) is 0 Å². The first-order valence-corrected chi connectivity index (χ1v) is 8.12. The van der Waals surface area contributed by atoms with Crippen LogP contribution in [-0.4, -0.2) is 37.1 Å². The fourth-order valence-corrected chi connectivity index (χ4v) is 2.85. The molecule has 0 unspecified atom stereocenters. The molecule has 7 nitrogen and oxygen atoms in total. The standard InChI is InChI=1S/C16H23N5O2/c1-10(2)5-6-13-18-15-12(4)20(7-8-21(15)19-13)16(22)14-11(3)17-9-23-14/h9-10,12H,5-8H2,1-4H3/t12-/m1/s1. The molecule has 0 N–H and O–H groups in total. The zero-order chi connectivity index (χ0) is 16.6. The van der Waals surface area contributed by atoms with Crippen molar-refractivity contribution in [1.82, 2.24) is 24.6 Å². The number of oxazole rings is 1. The number of aryl methyl sites for hydroxylation is 2. The second-order valence-corrected chi connectivity index (χ2v) is 6.48. The van der Waals surface area contributed by atoms with Crippen LogP contribution in [0, 0.1) is 12.8 Å². The van der Waals surface area contributed by atoms with Gasteiger partial charge in [0, 0.05) is 13.0 Å². The van der Waals surface area contributed by atoms with E-state index in [1.807, 2.05) is 11.6 Å². The number of carbonyl (C=O) groups excluding carboxylic acids is 1. The lowest BCUT2D eigenvalue weighted by molar-refractivity contribution is 0.0597. The predicted molar refractivity (Wildman–Crippen MR) is 83.9 cm³/mol. The minimum atomic E-state index is -0.134. The third-order valence-corrected chi connectivity index (χ3v) is 4.28. The molecular formula is C16H23N5O2. The second kappa shape index (κ2) is 6.14. The number of rotatable bonds is 4. The third kappa shape index (κ3) is 3.00. The van der Waals surface area contributed by atoms with Crippen LogP contribution in [-0.2, 0) is 13.0 Å². The Balaban J connectivity index is 1.79. The van der Waals surface area contributed by atoms with E-state index in [4.69, 9.17) is 4.42 Å². The monoisotopic (exact) mass is 317 g/mol. The van der Waals surface area contributed by atoms with E-state index in [0.29, 0.717) is 30.5 Å². The van der Waals surface area contributed by atoms with Crippen molar-refractivity contribution < 1.29 is 9.21 Å². The molecule has 3 heterocycles. The Morgan fingerprint density at radius 3 is 2.87 bits per heavy atom. The van der Waals surface area contributed by atoms with Crippen molar-refractivity contribution in [3.05, 3.63) is 29.5 Å². The van der Waals surface area contributed by atoms with E-state index >= 15 is 0 Å². The smallest absolute Gasteiger partial charge is 0.292 e. The van der Waals surface area contributed by atoms with Crippen LogP contribution >= 0.6 is 0 Å². The van der Waals surface area contributed by atoms with E-state index in [1.54, 1.807) is 11.8 Å². The van der Waals surface area contributed by atoms with Crippen LogP contribution in [0.4, 0.5) is 0 Å². The molecule has 1 atom stereocenters. The molecule has 23 heavy (non-hydrogen) atoms. The Bertz CT molecular complexity index is 703. The van der Waals surface area contributed by atoms with Gasteiger partial charge >= 0.3 is 0 Å². The first-order chi connectivity index (χ1) is 11.0. The first kappa shape index (κ1) is 15.7. The van der Waals surface area contributed by atoms with Gasteiger partial charge in [0.15, 0.2) is 12.2 Å². The number of aromatic nitrogens is 4. The fourth-order valence-electron chi connectivity index (χ4n) is 2.85. The summed E-state index contributed by atoms with van der Waals surface area (Å²) in [4.78, 5) is 23.1. The highest BCUT2D eigenvalue weighted by atomic mass is 16.3. The highest BCUT2D eigenvalue weighted by molar-refractivity contribution is 5.92. The molecule has 3 rings (SSSR count). The van der Waals surface area contributed by atoms with Crippen molar-refractivity contribution in [2.75, 3.05) is 6.54 Å². The Kier molecular flexibility index (Phi) is 4.19. The van der Waals surface area contributed by atoms with Gasteiger partial charge in [-0.25, -0.2) is 14.6 Å². The molecule has 1 aliphatic heterocycles. The number of hydrogen-bond donors (Lipinski definition) is 0. The topological polar surface area (TPSA) is 77.0 Å². The first-order valence-electron chi connectivity index (χ1n) is 8.12. The number of hydrogen-bond acceptors (Lipinski definition) is 5. The Labute approximate surface area is 135 Å². The summed E-state index contributed by atoms with van der Waals surface area (Å²) in [5, 5.41) is 4.58. The molecule has 0 aliphatic carbocycles. The lowest BCUT2D eigenvalue weighted by Gasteiger charge is -2.32. The minimum Gasteiger partial charge on any atom is -0.438 e.